The third-order valence-corrected chi connectivity index (χ3v) is 3.92. The SMILES string of the molecule is Cc1ccc(NC(=O)Cn2c(C)nc3onc(C)c3c2=O)c(C)c1. The third kappa shape index (κ3) is 2.80. The summed E-state index contributed by atoms with van der Waals surface area (Å²) in [5.74, 6) is 0.113. The minimum Gasteiger partial charge on any atom is -0.335 e. The van der Waals surface area contributed by atoms with Gasteiger partial charge in [0.15, 0.2) is 0 Å². The van der Waals surface area contributed by atoms with Gasteiger partial charge in [-0.3, -0.25) is 14.2 Å². The molecule has 2 aromatic heterocycles. The van der Waals surface area contributed by atoms with Crippen LogP contribution >= 0.6 is 0 Å². The number of fused-ring (bicyclic) bond motifs is 1. The Morgan fingerprint density at radius 3 is 2.71 bits per heavy atom. The molecule has 0 bridgehead atoms. The summed E-state index contributed by atoms with van der Waals surface area (Å²) < 4.78 is 6.34. The van der Waals surface area contributed by atoms with E-state index in [1.165, 1.54) is 4.57 Å². The summed E-state index contributed by atoms with van der Waals surface area (Å²) >= 11 is 0. The first-order valence-electron chi connectivity index (χ1n) is 7.57. The maximum atomic E-state index is 12.6. The van der Waals surface area contributed by atoms with Crippen molar-refractivity contribution < 1.29 is 9.32 Å². The third-order valence-electron chi connectivity index (χ3n) is 3.92. The Morgan fingerprint density at radius 1 is 1.25 bits per heavy atom. The van der Waals surface area contributed by atoms with Crippen LogP contribution in [0.25, 0.3) is 11.1 Å². The molecule has 0 aliphatic heterocycles. The molecule has 0 saturated heterocycles. The second kappa shape index (κ2) is 5.92. The molecule has 0 aliphatic rings. The molecule has 7 nitrogen and oxygen atoms in total. The van der Waals surface area contributed by atoms with E-state index in [-0.39, 0.29) is 23.7 Å². The number of hydrogen-bond acceptors (Lipinski definition) is 5. The second-order valence-electron chi connectivity index (χ2n) is 5.87. The van der Waals surface area contributed by atoms with Gasteiger partial charge in [0.05, 0.1) is 5.69 Å². The van der Waals surface area contributed by atoms with Crippen molar-refractivity contribution >= 4 is 22.7 Å². The summed E-state index contributed by atoms with van der Waals surface area (Å²) in [5, 5.41) is 6.89. The summed E-state index contributed by atoms with van der Waals surface area (Å²) in [7, 11) is 0. The van der Waals surface area contributed by atoms with Crippen LogP contribution in [0.3, 0.4) is 0 Å². The molecular weight excluding hydrogens is 308 g/mol. The Labute approximate surface area is 138 Å². The zero-order valence-electron chi connectivity index (χ0n) is 14.0. The van der Waals surface area contributed by atoms with Gasteiger partial charge in [-0.05, 0) is 39.3 Å². The minimum atomic E-state index is -0.327. The van der Waals surface area contributed by atoms with E-state index in [4.69, 9.17) is 4.52 Å². The van der Waals surface area contributed by atoms with Crippen molar-refractivity contribution in [3.05, 3.63) is 51.2 Å². The summed E-state index contributed by atoms with van der Waals surface area (Å²) in [6.45, 7) is 7.12. The van der Waals surface area contributed by atoms with Crippen LogP contribution in [0.1, 0.15) is 22.6 Å². The minimum absolute atomic E-state index is 0.120. The van der Waals surface area contributed by atoms with Crippen LogP contribution < -0.4 is 10.9 Å². The van der Waals surface area contributed by atoms with Crippen LogP contribution in [0.2, 0.25) is 0 Å². The molecule has 3 rings (SSSR count). The Bertz CT molecular complexity index is 1000. The van der Waals surface area contributed by atoms with Gasteiger partial charge in [-0.1, -0.05) is 22.9 Å². The van der Waals surface area contributed by atoms with E-state index in [1.54, 1.807) is 13.8 Å². The van der Waals surface area contributed by atoms with Gasteiger partial charge in [-0.25, -0.2) is 0 Å². The number of carbonyl (C=O) groups excluding carboxylic acids is 1. The lowest BCUT2D eigenvalue weighted by atomic mass is 10.1. The molecule has 1 aromatic carbocycles. The first-order chi connectivity index (χ1) is 11.4. The Hall–Kier alpha value is -2.96. The monoisotopic (exact) mass is 326 g/mol. The lowest BCUT2D eigenvalue weighted by molar-refractivity contribution is -0.116. The zero-order valence-corrected chi connectivity index (χ0v) is 14.0. The molecule has 0 fully saturated rings. The Morgan fingerprint density at radius 2 is 2.00 bits per heavy atom. The molecule has 2 heterocycles. The van der Waals surface area contributed by atoms with Crippen LogP contribution in [-0.2, 0) is 11.3 Å². The van der Waals surface area contributed by atoms with E-state index in [0.29, 0.717) is 16.9 Å². The van der Waals surface area contributed by atoms with Gasteiger partial charge in [0, 0.05) is 5.69 Å². The van der Waals surface area contributed by atoms with Crippen LogP contribution in [-0.4, -0.2) is 20.6 Å². The predicted octanol–water partition coefficient (Wildman–Crippen LogP) is 2.26. The van der Waals surface area contributed by atoms with E-state index in [2.05, 4.69) is 15.5 Å². The van der Waals surface area contributed by atoms with Crippen molar-refractivity contribution in [2.24, 2.45) is 0 Å². The van der Waals surface area contributed by atoms with E-state index in [9.17, 15) is 9.59 Å². The van der Waals surface area contributed by atoms with Crippen molar-refractivity contribution in [2.45, 2.75) is 34.2 Å². The molecule has 0 radical (unpaired) electrons. The fraction of sp³-hybridized carbons (Fsp3) is 0.294. The molecule has 1 N–H and O–H groups in total. The molecule has 1 amide bonds. The first kappa shape index (κ1) is 15.9. The number of nitrogens with zero attached hydrogens (tertiary/aromatic N) is 3. The van der Waals surface area contributed by atoms with Crippen molar-refractivity contribution in [2.75, 3.05) is 5.32 Å². The lowest BCUT2D eigenvalue weighted by Gasteiger charge is -2.11. The highest BCUT2D eigenvalue weighted by Gasteiger charge is 2.17. The molecule has 0 spiro atoms. The second-order valence-corrected chi connectivity index (χ2v) is 5.87. The lowest BCUT2D eigenvalue weighted by Crippen LogP contribution is -2.30. The molecule has 124 valence electrons. The van der Waals surface area contributed by atoms with E-state index < -0.39 is 0 Å². The molecule has 3 aromatic rings. The average molecular weight is 326 g/mol. The highest BCUT2D eigenvalue weighted by Crippen LogP contribution is 2.16. The standard InChI is InChI=1S/C17H18N4O3/c1-9-5-6-13(10(2)7-9)19-14(22)8-21-12(4)18-16-15(17(21)23)11(3)20-24-16/h5-7H,8H2,1-4H3,(H,19,22). The summed E-state index contributed by atoms with van der Waals surface area (Å²) in [4.78, 5) is 29.1. The van der Waals surface area contributed by atoms with Gasteiger partial charge >= 0.3 is 0 Å². The molecule has 0 aliphatic carbocycles. The summed E-state index contributed by atoms with van der Waals surface area (Å²) in [6, 6.07) is 5.76. The van der Waals surface area contributed by atoms with Gasteiger partial charge in [-0.2, -0.15) is 4.98 Å². The Balaban J connectivity index is 1.90. The van der Waals surface area contributed by atoms with Crippen molar-refractivity contribution in [3.63, 3.8) is 0 Å². The summed E-state index contributed by atoms with van der Waals surface area (Å²) in [6.07, 6.45) is 0. The van der Waals surface area contributed by atoms with Crippen LogP contribution in [0.5, 0.6) is 0 Å². The van der Waals surface area contributed by atoms with Crippen LogP contribution in [0.15, 0.2) is 27.5 Å². The van der Waals surface area contributed by atoms with Crippen molar-refractivity contribution in [1.29, 1.82) is 0 Å². The number of rotatable bonds is 3. The molecule has 0 unspecified atom stereocenters. The summed E-state index contributed by atoms with van der Waals surface area (Å²) in [5.41, 5.74) is 3.15. The molecule has 0 atom stereocenters. The average Bonchev–Trinajstić information content (AvgIpc) is 2.87. The van der Waals surface area contributed by atoms with Crippen LogP contribution in [0, 0.1) is 27.7 Å². The van der Waals surface area contributed by atoms with Crippen molar-refractivity contribution in [3.8, 4) is 0 Å². The quantitative estimate of drug-likeness (QED) is 0.797. The Kier molecular flexibility index (Phi) is 3.92. The molecule has 0 saturated carbocycles. The predicted molar refractivity (Wildman–Crippen MR) is 90.1 cm³/mol. The fourth-order valence-electron chi connectivity index (χ4n) is 2.64. The van der Waals surface area contributed by atoms with Crippen molar-refractivity contribution in [1.82, 2.24) is 14.7 Å². The largest absolute Gasteiger partial charge is 0.335 e. The van der Waals surface area contributed by atoms with Gasteiger partial charge < -0.3 is 9.84 Å². The highest BCUT2D eigenvalue weighted by molar-refractivity contribution is 5.91. The van der Waals surface area contributed by atoms with Gasteiger partial charge in [-0.15, -0.1) is 0 Å². The smallest absolute Gasteiger partial charge is 0.267 e. The maximum Gasteiger partial charge on any atom is 0.267 e. The first-order valence-corrected chi connectivity index (χ1v) is 7.57. The van der Waals surface area contributed by atoms with E-state index in [0.717, 1.165) is 16.8 Å². The highest BCUT2D eigenvalue weighted by atomic mass is 16.5. The maximum absolute atomic E-state index is 12.6. The van der Waals surface area contributed by atoms with Crippen LogP contribution in [0.4, 0.5) is 5.69 Å². The van der Waals surface area contributed by atoms with Gasteiger partial charge in [0.2, 0.25) is 5.91 Å². The molecule has 24 heavy (non-hydrogen) atoms. The van der Waals surface area contributed by atoms with E-state index >= 15 is 0 Å². The normalized spacial score (nSPS) is 11.0. The number of aryl methyl sites for hydroxylation is 4. The molecule has 7 heteroatoms. The van der Waals surface area contributed by atoms with Gasteiger partial charge in [0.1, 0.15) is 17.8 Å². The molecular formula is C17H18N4O3. The number of aromatic nitrogens is 3. The number of anilines is 1. The zero-order chi connectivity index (χ0) is 17.4. The van der Waals surface area contributed by atoms with Gasteiger partial charge in [0.25, 0.3) is 11.3 Å². The topological polar surface area (TPSA) is 90.0 Å². The number of nitrogens with one attached hydrogen (secondary N) is 1. The number of carbonyl (C=O) groups is 1. The fourth-order valence-corrected chi connectivity index (χ4v) is 2.64. The number of benzene rings is 1. The van der Waals surface area contributed by atoms with E-state index in [1.807, 2.05) is 32.0 Å². The number of hydrogen-bond donors (Lipinski definition) is 1. The number of amides is 1.